The van der Waals surface area contributed by atoms with Crippen molar-refractivity contribution in [3.8, 4) is 0 Å². The molecule has 3 heterocycles. The fourth-order valence-electron chi connectivity index (χ4n) is 2.90. The van der Waals surface area contributed by atoms with Gasteiger partial charge in [0, 0.05) is 18.1 Å². The van der Waals surface area contributed by atoms with Gasteiger partial charge in [0.1, 0.15) is 11.6 Å². The van der Waals surface area contributed by atoms with E-state index in [4.69, 9.17) is 0 Å². The largest absolute Gasteiger partial charge is 0.394 e. The highest BCUT2D eigenvalue weighted by atomic mass is 32.2. The van der Waals surface area contributed by atoms with E-state index in [1.165, 1.54) is 18.6 Å². The molecule has 2 aliphatic rings. The Hall–Kier alpha value is -0.550. The lowest BCUT2D eigenvalue weighted by Gasteiger charge is -2.24. The first-order valence-corrected chi connectivity index (χ1v) is 7.58. The highest BCUT2D eigenvalue weighted by Gasteiger charge is 2.26. The van der Waals surface area contributed by atoms with Gasteiger partial charge in [0.25, 0.3) is 0 Å². The summed E-state index contributed by atoms with van der Waals surface area (Å²) in [5.41, 5.74) is 0. The second-order valence-corrected chi connectivity index (χ2v) is 6.38. The minimum Gasteiger partial charge on any atom is -0.394 e. The van der Waals surface area contributed by atoms with Crippen LogP contribution in [0.15, 0.2) is 0 Å². The van der Waals surface area contributed by atoms with Gasteiger partial charge in [0.2, 0.25) is 0 Å². The molecule has 3 rings (SSSR count). The number of aryl methyl sites for hydroxylation is 1. The molecule has 5 heteroatoms. The molecule has 17 heavy (non-hydrogen) atoms. The Labute approximate surface area is 106 Å². The van der Waals surface area contributed by atoms with Crippen LogP contribution in [-0.4, -0.2) is 37.5 Å². The number of aliphatic hydroxyl groups excluding tert-OH is 1. The van der Waals surface area contributed by atoms with Gasteiger partial charge in [-0.25, -0.2) is 0 Å². The zero-order valence-electron chi connectivity index (χ0n) is 10.0. The summed E-state index contributed by atoms with van der Waals surface area (Å²) < 4.78 is 2.21. The first kappa shape index (κ1) is 11.5. The van der Waals surface area contributed by atoms with Crippen molar-refractivity contribution in [2.45, 2.75) is 49.8 Å². The topological polar surface area (TPSA) is 50.9 Å². The predicted octanol–water partition coefficient (Wildman–Crippen LogP) is 1.59. The average molecular weight is 253 g/mol. The first-order valence-electron chi connectivity index (χ1n) is 6.53. The molecule has 2 unspecified atom stereocenters. The maximum Gasteiger partial charge on any atom is 0.134 e. The maximum absolute atomic E-state index is 9.46. The van der Waals surface area contributed by atoms with Crippen LogP contribution in [0.2, 0.25) is 0 Å². The van der Waals surface area contributed by atoms with Gasteiger partial charge in [-0.3, -0.25) is 0 Å². The van der Waals surface area contributed by atoms with Crippen LogP contribution in [-0.2, 0) is 12.8 Å². The van der Waals surface area contributed by atoms with Crippen molar-refractivity contribution in [3.63, 3.8) is 0 Å². The summed E-state index contributed by atoms with van der Waals surface area (Å²) in [5, 5.41) is 18.8. The van der Waals surface area contributed by atoms with E-state index >= 15 is 0 Å². The normalized spacial score (nSPS) is 28.3. The highest BCUT2D eigenvalue weighted by Crippen LogP contribution is 2.31. The lowest BCUT2D eigenvalue weighted by molar-refractivity contribution is 0.203. The smallest absolute Gasteiger partial charge is 0.134 e. The van der Waals surface area contributed by atoms with Crippen LogP contribution < -0.4 is 0 Å². The second-order valence-electron chi connectivity index (χ2n) is 4.97. The third-order valence-corrected chi connectivity index (χ3v) is 5.18. The van der Waals surface area contributed by atoms with Crippen LogP contribution in [0, 0.1) is 0 Å². The van der Waals surface area contributed by atoms with Gasteiger partial charge in [-0.05, 0) is 31.4 Å². The summed E-state index contributed by atoms with van der Waals surface area (Å²) in [5.74, 6) is 3.46. The Bertz CT molecular complexity index is 387. The number of thioether (sulfide) groups is 1. The number of hydrogen-bond donors (Lipinski definition) is 1. The molecule has 2 atom stereocenters. The molecule has 0 spiro atoms. The van der Waals surface area contributed by atoms with Crippen LogP contribution in [0.4, 0.5) is 0 Å². The number of rotatable bonds is 3. The quantitative estimate of drug-likeness (QED) is 0.888. The Morgan fingerprint density at radius 2 is 2.24 bits per heavy atom. The minimum absolute atomic E-state index is 0.218. The maximum atomic E-state index is 9.46. The second kappa shape index (κ2) is 4.98. The Morgan fingerprint density at radius 1 is 1.29 bits per heavy atom. The highest BCUT2D eigenvalue weighted by molar-refractivity contribution is 8.00. The fraction of sp³-hybridized carbons (Fsp3) is 0.833. The van der Waals surface area contributed by atoms with E-state index in [0.717, 1.165) is 37.3 Å². The predicted molar refractivity (Wildman–Crippen MR) is 68.3 cm³/mol. The number of fused-ring (bicyclic) bond motifs is 1. The number of hydrogen-bond acceptors (Lipinski definition) is 4. The fourth-order valence-corrected chi connectivity index (χ4v) is 4.17. The molecule has 0 amide bonds. The molecule has 0 saturated carbocycles. The Morgan fingerprint density at radius 3 is 3.00 bits per heavy atom. The summed E-state index contributed by atoms with van der Waals surface area (Å²) in [4.78, 5) is 0. The lowest BCUT2D eigenvalue weighted by atomic mass is 10.0. The molecule has 2 aliphatic heterocycles. The molecule has 0 radical (unpaired) electrons. The first-order chi connectivity index (χ1) is 8.38. The Balaban J connectivity index is 1.82. The lowest BCUT2D eigenvalue weighted by Crippen LogP contribution is -2.24. The molecule has 94 valence electrons. The molecule has 1 saturated heterocycles. The molecule has 1 N–H and O–H groups in total. The zero-order chi connectivity index (χ0) is 11.7. The molecule has 4 nitrogen and oxygen atoms in total. The van der Waals surface area contributed by atoms with Gasteiger partial charge in [0.15, 0.2) is 0 Å². The molecule has 0 aromatic carbocycles. The van der Waals surface area contributed by atoms with Crippen molar-refractivity contribution < 1.29 is 5.11 Å². The van der Waals surface area contributed by atoms with Crippen molar-refractivity contribution in [2.75, 3.05) is 12.4 Å². The summed E-state index contributed by atoms with van der Waals surface area (Å²) in [7, 11) is 0. The van der Waals surface area contributed by atoms with Crippen LogP contribution in [0.25, 0.3) is 0 Å². The van der Waals surface area contributed by atoms with Crippen LogP contribution >= 0.6 is 11.8 Å². The summed E-state index contributed by atoms with van der Waals surface area (Å²) in [6, 6.07) is 0.218. The summed E-state index contributed by atoms with van der Waals surface area (Å²) >= 11 is 2.06. The van der Waals surface area contributed by atoms with Gasteiger partial charge in [0.05, 0.1) is 12.6 Å². The van der Waals surface area contributed by atoms with E-state index in [1.807, 2.05) is 0 Å². The number of aliphatic hydroxyl groups is 1. The van der Waals surface area contributed by atoms with Gasteiger partial charge in [-0.15, -0.1) is 10.2 Å². The van der Waals surface area contributed by atoms with Crippen LogP contribution in [0.5, 0.6) is 0 Å². The van der Waals surface area contributed by atoms with E-state index in [0.29, 0.717) is 5.25 Å². The molecule has 1 aromatic rings. The van der Waals surface area contributed by atoms with Crippen molar-refractivity contribution in [3.05, 3.63) is 11.6 Å². The molecule has 1 fully saturated rings. The van der Waals surface area contributed by atoms with E-state index in [9.17, 15) is 5.11 Å². The standard InChI is InChI=1S/C12H19N3OS/c16-8-9-3-1-5-11-13-14-12(15(9)11)7-10-4-2-6-17-10/h9-10,16H,1-8H2. The van der Waals surface area contributed by atoms with Crippen molar-refractivity contribution in [2.24, 2.45) is 0 Å². The van der Waals surface area contributed by atoms with Crippen molar-refractivity contribution in [1.29, 1.82) is 0 Å². The van der Waals surface area contributed by atoms with Gasteiger partial charge in [-0.2, -0.15) is 11.8 Å². The van der Waals surface area contributed by atoms with E-state index in [2.05, 4.69) is 26.5 Å². The summed E-state index contributed by atoms with van der Waals surface area (Å²) in [6.07, 6.45) is 6.86. The van der Waals surface area contributed by atoms with Crippen molar-refractivity contribution >= 4 is 11.8 Å². The minimum atomic E-state index is 0.218. The SMILES string of the molecule is OCC1CCCc2nnc(CC3CCCS3)n21. The number of nitrogens with zero attached hydrogens (tertiary/aromatic N) is 3. The number of aromatic nitrogens is 3. The van der Waals surface area contributed by atoms with Gasteiger partial charge >= 0.3 is 0 Å². The van der Waals surface area contributed by atoms with Gasteiger partial charge in [-0.1, -0.05) is 0 Å². The van der Waals surface area contributed by atoms with E-state index < -0.39 is 0 Å². The monoisotopic (exact) mass is 253 g/mol. The molecular formula is C12H19N3OS. The third kappa shape index (κ3) is 2.22. The molecule has 0 aliphatic carbocycles. The molecular weight excluding hydrogens is 234 g/mol. The average Bonchev–Trinajstić information content (AvgIpc) is 2.99. The molecule has 1 aromatic heterocycles. The van der Waals surface area contributed by atoms with Gasteiger partial charge < -0.3 is 9.67 Å². The Kier molecular flexibility index (Phi) is 3.38. The summed E-state index contributed by atoms with van der Waals surface area (Å²) in [6.45, 7) is 0.218. The molecule has 0 bridgehead atoms. The zero-order valence-corrected chi connectivity index (χ0v) is 10.8. The third-order valence-electron chi connectivity index (χ3n) is 3.78. The van der Waals surface area contributed by atoms with Crippen molar-refractivity contribution in [1.82, 2.24) is 14.8 Å². The van der Waals surface area contributed by atoms with E-state index in [-0.39, 0.29) is 12.6 Å². The van der Waals surface area contributed by atoms with Crippen LogP contribution in [0.3, 0.4) is 0 Å². The van der Waals surface area contributed by atoms with E-state index in [1.54, 1.807) is 0 Å². The van der Waals surface area contributed by atoms with Crippen LogP contribution in [0.1, 0.15) is 43.4 Å².